The van der Waals surface area contributed by atoms with Crippen molar-refractivity contribution in [2.24, 2.45) is 17.1 Å². The summed E-state index contributed by atoms with van der Waals surface area (Å²) in [6, 6.07) is 3.56. The van der Waals surface area contributed by atoms with Crippen LogP contribution in [0.1, 0.15) is 26.3 Å². The molecule has 0 saturated carbocycles. The van der Waals surface area contributed by atoms with Crippen LogP contribution in [0.4, 0.5) is 8.78 Å². The van der Waals surface area contributed by atoms with Crippen LogP contribution < -0.4 is 5.73 Å². The normalized spacial score (nSPS) is 15.2. The van der Waals surface area contributed by atoms with Crippen molar-refractivity contribution in [2.75, 3.05) is 6.54 Å². The molecule has 1 aromatic rings. The van der Waals surface area contributed by atoms with Gasteiger partial charge in [0.05, 0.1) is 0 Å². The number of hydrogen-bond acceptors (Lipinski definition) is 1. The summed E-state index contributed by atoms with van der Waals surface area (Å²) in [4.78, 5) is 0. The van der Waals surface area contributed by atoms with Crippen LogP contribution in [0.3, 0.4) is 0 Å². The molecule has 0 radical (unpaired) electrons. The lowest BCUT2D eigenvalue weighted by Crippen LogP contribution is -2.35. The van der Waals surface area contributed by atoms with Crippen molar-refractivity contribution in [1.82, 2.24) is 0 Å². The van der Waals surface area contributed by atoms with Crippen LogP contribution in [-0.2, 0) is 6.42 Å². The van der Waals surface area contributed by atoms with E-state index in [0.29, 0.717) is 24.4 Å². The Labute approximate surface area is 95.7 Å². The molecule has 0 aromatic heterocycles. The summed E-state index contributed by atoms with van der Waals surface area (Å²) in [5.74, 6) is -0.443. The average Bonchev–Trinajstić information content (AvgIpc) is 2.23. The van der Waals surface area contributed by atoms with Gasteiger partial charge in [-0.2, -0.15) is 0 Å². The summed E-state index contributed by atoms with van der Waals surface area (Å²) >= 11 is 0. The van der Waals surface area contributed by atoms with Crippen LogP contribution >= 0.6 is 0 Å². The van der Waals surface area contributed by atoms with Gasteiger partial charge in [-0.25, -0.2) is 8.78 Å². The Hall–Kier alpha value is -0.960. The number of nitrogens with two attached hydrogens (primary N) is 1. The van der Waals surface area contributed by atoms with Gasteiger partial charge in [0.15, 0.2) is 0 Å². The Morgan fingerprint density at radius 1 is 1.31 bits per heavy atom. The van der Waals surface area contributed by atoms with Crippen molar-refractivity contribution in [3.05, 3.63) is 35.4 Å². The number of rotatable bonds is 4. The predicted molar refractivity (Wildman–Crippen MR) is 62.1 cm³/mol. The quantitative estimate of drug-likeness (QED) is 0.840. The lowest BCUT2D eigenvalue weighted by molar-refractivity contribution is 0.224. The van der Waals surface area contributed by atoms with Gasteiger partial charge in [-0.05, 0) is 48.1 Å². The van der Waals surface area contributed by atoms with E-state index in [1.54, 1.807) is 0 Å². The molecule has 0 aliphatic carbocycles. The summed E-state index contributed by atoms with van der Waals surface area (Å²) in [5.41, 5.74) is 5.93. The number of halogens is 2. The highest BCUT2D eigenvalue weighted by atomic mass is 19.1. The smallest absolute Gasteiger partial charge is 0.126 e. The first-order chi connectivity index (χ1) is 7.39. The second-order valence-electron chi connectivity index (χ2n) is 4.93. The molecule has 16 heavy (non-hydrogen) atoms. The topological polar surface area (TPSA) is 26.0 Å². The minimum absolute atomic E-state index is 0.200. The molecule has 1 aromatic carbocycles. The zero-order chi connectivity index (χ0) is 12.3. The summed E-state index contributed by atoms with van der Waals surface area (Å²) in [7, 11) is 0. The first kappa shape index (κ1) is 13.1. The molecule has 1 rings (SSSR count). The van der Waals surface area contributed by atoms with E-state index in [2.05, 4.69) is 0 Å². The van der Waals surface area contributed by atoms with Crippen molar-refractivity contribution in [1.29, 1.82) is 0 Å². The fourth-order valence-corrected chi connectivity index (χ4v) is 1.63. The van der Waals surface area contributed by atoms with Gasteiger partial charge in [-0.1, -0.05) is 20.8 Å². The zero-order valence-electron chi connectivity index (χ0n) is 10.1. The van der Waals surface area contributed by atoms with E-state index in [0.717, 1.165) is 6.07 Å². The van der Waals surface area contributed by atoms with Crippen LogP contribution in [0.2, 0.25) is 0 Å². The maximum atomic E-state index is 13.5. The summed E-state index contributed by atoms with van der Waals surface area (Å²) in [5, 5.41) is 0. The summed E-state index contributed by atoms with van der Waals surface area (Å²) in [6.07, 6.45) is 0.463. The Balaban J connectivity index is 2.98. The molecule has 0 heterocycles. The van der Waals surface area contributed by atoms with Gasteiger partial charge in [0.1, 0.15) is 11.6 Å². The van der Waals surface area contributed by atoms with Gasteiger partial charge in [-0.3, -0.25) is 0 Å². The van der Waals surface area contributed by atoms with Crippen molar-refractivity contribution in [3.63, 3.8) is 0 Å². The fraction of sp³-hybridized carbons (Fsp3) is 0.538. The third kappa shape index (κ3) is 2.79. The van der Waals surface area contributed by atoms with Crippen LogP contribution in [0, 0.1) is 23.0 Å². The van der Waals surface area contributed by atoms with Crippen LogP contribution in [0.15, 0.2) is 18.2 Å². The minimum atomic E-state index is -0.403. The van der Waals surface area contributed by atoms with Gasteiger partial charge in [0.25, 0.3) is 0 Å². The maximum absolute atomic E-state index is 13.5. The van der Waals surface area contributed by atoms with E-state index >= 15 is 0 Å². The van der Waals surface area contributed by atoms with E-state index < -0.39 is 5.82 Å². The lowest BCUT2D eigenvalue weighted by Gasteiger charge is -2.32. The molecule has 0 fully saturated rings. The predicted octanol–water partition coefficient (Wildman–Crippen LogP) is 3.13. The first-order valence-corrected chi connectivity index (χ1v) is 5.53. The molecule has 3 heteroatoms. The molecule has 0 amide bonds. The van der Waals surface area contributed by atoms with E-state index in [9.17, 15) is 8.78 Å². The monoisotopic (exact) mass is 227 g/mol. The van der Waals surface area contributed by atoms with Crippen LogP contribution in [-0.4, -0.2) is 6.54 Å². The van der Waals surface area contributed by atoms with E-state index in [-0.39, 0.29) is 11.2 Å². The Morgan fingerprint density at radius 2 is 1.94 bits per heavy atom. The van der Waals surface area contributed by atoms with Gasteiger partial charge in [0, 0.05) is 0 Å². The van der Waals surface area contributed by atoms with Crippen molar-refractivity contribution < 1.29 is 8.78 Å². The molecule has 0 spiro atoms. The molecule has 1 atom stereocenters. The SMILES string of the molecule is CC(C)C(C)(CN)Cc1cc(F)ccc1F. The standard InChI is InChI=1S/C13H19F2N/c1-9(2)13(3,8-16)7-10-6-11(14)4-5-12(10)15/h4-6,9H,7-8,16H2,1-3H3. The second kappa shape index (κ2) is 4.91. The van der Waals surface area contributed by atoms with Crippen LogP contribution in [0.5, 0.6) is 0 Å². The Bertz CT molecular complexity index is 363. The third-order valence-corrected chi connectivity index (χ3v) is 3.46. The molecular weight excluding hydrogens is 208 g/mol. The molecule has 2 N–H and O–H groups in total. The minimum Gasteiger partial charge on any atom is -0.330 e. The van der Waals surface area contributed by atoms with Gasteiger partial charge >= 0.3 is 0 Å². The Kier molecular flexibility index (Phi) is 4.03. The second-order valence-corrected chi connectivity index (χ2v) is 4.93. The molecule has 0 aliphatic rings. The van der Waals surface area contributed by atoms with Crippen molar-refractivity contribution >= 4 is 0 Å². The lowest BCUT2D eigenvalue weighted by atomic mass is 9.74. The number of benzene rings is 1. The Morgan fingerprint density at radius 3 is 2.44 bits per heavy atom. The molecule has 1 nitrogen and oxygen atoms in total. The highest BCUT2D eigenvalue weighted by Crippen LogP contribution is 2.31. The number of hydrogen-bond donors (Lipinski definition) is 1. The van der Waals surface area contributed by atoms with E-state index in [1.807, 2.05) is 20.8 Å². The summed E-state index contributed by atoms with van der Waals surface area (Å²) < 4.78 is 26.5. The molecular formula is C13H19F2N. The first-order valence-electron chi connectivity index (χ1n) is 5.53. The largest absolute Gasteiger partial charge is 0.330 e. The maximum Gasteiger partial charge on any atom is 0.126 e. The van der Waals surface area contributed by atoms with Crippen molar-refractivity contribution in [3.8, 4) is 0 Å². The molecule has 0 bridgehead atoms. The molecule has 90 valence electrons. The van der Waals surface area contributed by atoms with Crippen LogP contribution in [0.25, 0.3) is 0 Å². The highest BCUT2D eigenvalue weighted by molar-refractivity contribution is 5.20. The average molecular weight is 227 g/mol. The van der Waals surface area contributed by atoms with E-state index in [4.69, 9.17) is 5.73 Å². The molecule has 0 saturated heterocycles. The summed E-state index contributed by atoms with van der Waals surface area (Å²) in [6.45, 7) is 6.55. The molecule has 0 aliphatic heterocycles. The fourth-order valence-electron chi connectivity index (χ4n) is 1.63. The van der Waals surface area contributed by atoms with E-state index in [1.165, 1.54) is 12.1 Å². The van der Waals surface area contributed by atoms with Gasteiger partial charge < -0.3 is 5.73 Å². The van der Waals surface area contributed by atoms with Crippen molar-refractivity contribution in [2.45, 2.75) is 27.2 Å². The van der Waals surface area contributed by atoms with Gasteiger partial charge in [0.2, 0.25) is 0 Å². The third-order valence-electron chi connectivity index (χ3n) is 3.46. The van der Waals surface area contributed by atoms with Gasteiger partial charge in [-0.15, -0.1) is 0 Å². The highest BCUT2D eigenvalue weighted by Gasteiger charge is 2.28. The molecule has 1 unspecified atom stereocenters. The zero-order valence-corrected chi connectivity index (χ0v) is 10.1.